The highest BCUT2D eigenvalue weighted by Gasteiger charge is 2.25. The van der Waals surface area contributed by atoms with E-state index in [0.29, 0.717) is 11.8 Å². The fourth-order valence-electron chi connectivity index (χ4n) is 2.03. The van der Waals surface area contributed by atoms with Crippen LogP contribution in [0.3, 0.4) is 0 Å². The molecular formula is C20H30Br4Cl6. The van der Waals surface area contributed by atoms with Crippen molar-refractivity contribution in [3.05, 3.63) is 21.2 Å². The summed E-state index contributed by atoms with van der Waals surface area (Å²) >= 11 is 49.7. The van der Waals surface area contributed by atoms with Crippen LogP contribution in [0, 0.1) is 0 Å². The van der Waals surface area contributed by atoms with E-state index in [9.17, 15) is 0 Å². The van der Waals surface area contributed by atoms with Gasteiger partial charge in [-0.1, -0.05) is 86.9 Å². The molecule has 0 spiro atoms. The number of allylic oxidation sites excluding steroid dienone is 4. The zero-order valence-corrected chi connectivity index (χ0v) is 28.5. The fourth-order valence-corrected chi connectivity index (χ4v) is 4.96. The number of halogens is 10. The van der Waals surface area contributed by atoms with Gasteiger partial charge in [0, 0.05) is 30.4 Å². The van der Waals surface area contributed by atoms with Gasteiger partial charge in [-0.05, 0) is 64.5 Å². The van der Waals surface area contributed by atoms with E-state index in [4.69, 9.17) is 69.6 Å². The summed E-state index contributed by atoms with van der Waals surface area (Å²) in [5, 5.41) is 3.00. The van der Waals surface area contributed by atoms with E-state index in [2.05, 4.69) is 63.7 Å². The molecule has 0 fully saturated rings. The predicted molar refractivity (Wildman–Crippen MR) is 159 cm³/mol. The van der Waals surface area contributed by atoms with Crippen molar-refractivity contribution in [3.63, 3.8) is 0 Å². The molecule has 0 heterocycles. The smallest absolute Gasteiger partial charge is 0.0581 e. The van der Waals surface area contributed by atoms with Gasteiger partial charge in [0.2, 0.25) is 0 Å². The standard InChI is InChI=1S/2C10H15Br2Cl3/c2*1-10(2,15)9(12)4-3-7(5-11)8(14)6-13/h2*9H,3-6H2,1-2H3/b2*8-7+. The van der Waals surface area contributed by atoms with E-state index < -0.39 is 0 Å². The van der Waals surface area contributed by atoms with Crippen LogP contribution >= 0.6 is 133 Å². The molecule has 0 rings (SSSR count). The molecule has 0 aliphatic rings. The molecule has 0 amide bonds. The van der Waals surface area contributed by atoms with Crippen LogP contribution in [0.1, 0.15) is 53.4 Å². The van der Waals surface area contributed by atoms with E-state index >= 15 is 0 Å². The van der Waals surface area contributed by atoms with Gasteiger partial charge in [-0.2, -0.15) is 0 Å². The third kappa shape index (κ3) is 16.7. The van der Waals surface area contributed by atoms with Gasteiger partial charge >= 0.3 is 0 Å². The highest BCUT2D eigenvalue weighted by atomic mass is 79.9. The Hall–Kier alpha value is 3.14. The van der Waals surface area contributed by atoms with E-state index in [1.54, 1.807) is 0 Å². The first-order valence-electron chi connectivity index (χ1n) is 9.28. The lowest BCUT2D eigenvalue weighted by Gasteiger charge is -2.23. The quantitative estimate of drug-likeness (QED) is 0.172. The van der Waals surface area contributed by atoms with Crippen molar-refractivity contribution in [2.24, 2.45) is 0 Å². The minimum Gasteiger partial charge on any atom is -0.121 e. The summed E-state index contributed by atoms with van der Waals surface area (Å²) in [6, 6.07) is 0. The highest BCUT2D eigenvalue weighted by Crippen LogP contribution is 2.32. The van der Waals surface area contributed by atoms with Crippen LogP contribution in [-0.4, -0.2) is 41.8 Å². The Labute approximate surface area is 247 Å². The largest absolute Gasteiger partial charge is 0.121 e. The van der Waals surface area contributed by atoms with Gasteiger partial charge in [0.15, 0.2) is 0 Å². The van der Waals surface area contributed by atoms with Crippen molar-refractivity contribution in [1.82, 2.24) is 0 Å². The summed E-state index contributed by atoms with van der Waals surface area (Å²) in [7, 11) is 0. The van der Waals surface area contributed by atoms with E-state index in [-0.39, 0.29) is 19.4 Å². The molecule has 0 aromatic rings. The highest BCUT2D eigenvalue weighted by molar-refractivity contribution is 9.10. The second-order valence-corrected chi connectivity index (χ2v) is 14.4. The molecule has 10 heteroatoms. The Morgan fingerprint density at radius 3 is 1.13 bits per heavy atom. The van der Waals surface area contributed by atoms with Crippen LogP contribution in [-0.2, 0) is 0 Å². The van der Waals surface area contributed by atoms with E-state index in [0.717, 1.165) is 57.6 Å². The van der Waals surface area contributed by atoms with Crippen LogP contribution in [0.25, 0.3) is 0 Å². The first-order valence-corrected chi connectivity index (χ1v) is 15.9. The molecule has 180 valence electrons. The van der Waals surface area contributed by atoms with Crippen molar-refractivity contribution in [2.75, 3.05) is 22.4 Å². The molecular weight excluding hydrogens is 773 g/mol. The molecule has 0 bridgehead atoms. The number of alkyl halides is 8. The Morgan fingerprint density at radius 2 is 0.967 bits per heavy atom. The minimum absolute atomic E-state index is 0.245. The normalized spacial score (nSPS) is 16.2. The van der Waals surface area contributed by atoms with E-state index in [1.807, 2.05) is 27.7 Å². The van der Waals surface area contributed by atoms with Crippen molar-refractivity contribution < 1.29 is 0 Å². The Morgan fingerprint density at radius 1 is 0.700 bits per heavy atom. The first kappa shape index (κ1) is 35.3. The van der Waals surface area contributed by atoms with Crippen molar-refractivity contribution in [1.29, 1.82) is 0 Å². The molecule has 0 aliphatic heterocycles. The molecule has 0 aromatic carbocycles. The number of hydrogen-bond acceptors (Lipinski definition) is 0. The molecule has 2 atom stereocenters. The lowest BCUT2D eigenvalue weighted by atomic mass is 10.0. The van der Waals surface area contributed by atoms with Crippen LogP contribution < -0.4 is 0 Å². The van der Waals surface area contributed by atoms with Crippen LogP contribution in [0.5, 0.6) is 0 Å². The Balaban J connectivity index is 0. The Kier molecular flexibility index (Phi) is 21.7. The second kappa shape index (κ2) is 18.4. The van der Waals surface area contributed by atoms with Crippen molar-refractivity contribution in [3.8, 4) is 0 Å². The van der Waals surface area contributed by atoms with Gasteiger partial charge in [-0.3, -0.25) is 0 Å². The summed E-state index contributed by atoms with van der Waals surface area (Å²) in [6.07, 6.45) is 3.71. The van der Waals surface area contributed by atoms with Gasteiger partial charge in [-0.15, -0.1) is 46.4 Å². The van der Waals surface area contributed by atoms with Crippen LogP contribution in [0.2, 0.25) is 0 Å². The van der Waals surface area contributed by atoms with Crippen LogP contribution in [0.15, 0.2) is 21.2 Å². The zero-order valence-electron chi connectivity index (χ0n) is 17.6. The van der Waals surface area contributed by atoms with Crippen molar-refractivity contribution >= 4 is 133 Å². The molecule has 0 radical (unpaired) electrons. The molecule has 30 heavy (non-hydrogen) atoms. The molecule has 2 unspecified atom stereocenters. The van der Waals surface area contributed by atoms with Crippen LogP contribution in [0.4, 0.5) is 0 Å². The second-order valence-electron chi connectivity index (χ2n) is 7.69. The summed E-state index contributed by atoms with van der Waals surface area (Å²) in [5.74, 6) is 0.749. The molecule has 0 saturated heterocycles. The Bertz CT molecular complexity index is 490. The lowest BCUT2D eigenvalue weighted by Crippen LogP contribution is -2.24. The summed E-state index contributed by atoms with van der Waals surface area (Å²) in [6.45, 7) is 7.98. The maximum Gasteiger partial charge on any atom is 0.0581 e. The average Bonchev–Trinajstić information content (AvgIpc) is 2.66. The predicted octanol–water partition coefficient (Wildman–Crippen LogP) is 11.3. The molecule has 0 N–H and O–H groups in total. The zero-order chi connectivity index (χ0) is 24.1. The molecule has 0 nitrogen and oxygen atoms in total. The first-order chi connectivity index (χ1) is 13.6. The third-order valence-corrected chi connectivity index (χ3v) is 11.4. The topological polar surface area (TPSA) is 0 Å². The van der Waals surface area contributed by atoms with Gasteiger partial charge in [0.1, 0.15) is 0 Å². The molecule has 0 aliphatic carbocycles. The maximum atomic E-state index is 6.19. The van der Waals surface area contributed by atoms with Gasteiger partial charge in [0.05, 0.1) is 21.5 Å². The number of hydrogen-bond donors (Lipinski definition) is 0. The monoisotopic (exact) mass is 796 g/mol. The molecule has 0 aromatic heterocycles. The van der Waals surface area contributed by atoms with Gasteiger partial charge < -0.3 is 0 Å². The average molecular weight is 803 g/mol. The van der Waals surface area contributed by atoms with Crippen molar-refractivity contribution in [2.45, 2.75) is 72.8 Å². The van der Waals surface area contributed by atoms with E-state index in [1.165, 1.54) is 0 Å². The summed E-state index contributed by atoms with van der Waals surface area (Å²) < 4.78 is 0. The summed E-state index contributed by atoms with van der Waals surface area (Å²) in [4.78, 5) is 0.0384. The maximum absolute atomic E-state index is 6.19. The fraction of sp³-hybridized carbons (Fsp3) is 0.800. The molecule has 0 saturated carbocycles. The van der Waals surface area contributed by atoms with Gasteiger partial charge in [0.25, 0.3) is 0 Å². The van der Waals surface area contributed by atoms with Gasteiger partial charge in [-0.25, -0.2) is 0 Å². The SMILES string of the molecule is CC(C)(Cl)C(Br)CC/C(CBr)=C(\Cl)CCl.CC(C)(Cl)C(Br)CC/C(CBr)=C(\Cl)CCl. The third-order valence-electron chi connectivity index (χ3n) is 4.21. The minimum atomic E-state index is -0.245. The summed E-state index contributed by atoms with van der Waals surface area (Å²) in [5.41, 5.74) is 2.30. The lowest BCUT2D eigenvalue weighted by molar-refractivity contribution is 0.616. The number of rotatable bonds is 12.